The van der Waals surface area contributed by atoms with Crippen LogP contribution in [0.25, 0.3) is 0 Å². The lowest BCUT2D eigenvalue weighted by Gasteiger charge is -2.31. The number of nitrogens with one attached hydrogen (secondary N) is 2. The van der Waals surface area contributed by atoms with Crippen molar-refractivity contribution >= 4 is 5.91 Å². The van der Waals surface area contributed by atoms with Crippen LogP contribution in [0.4, 0.5) is 8.78 Å². The third kappa shape index (κ3) is 6.58. The highest BCUT2D eigenvalue weighted by molar-refractivity contribution is 5.79. The molecule has 0 spiro atoms. The van der Waals surface area contributed by atoms with Gasteiger partial charge in [-0.25, -0.2) is 8.78 Å². The van der Waals surface area contributed by atoms with Crippen LogP contribution in [0, 0.1) is 11.6 Å². The molecule has 1 amide bonds. The molecule has 2 atom stereocenters. The minimum absolute atomic E-state index is 0.0213. The number of ether oxygens (including phenoxy) is 1. The minimum atomic E-state index is -0.260. The van der Waals surface area contributed by atoms with Gasteiger partial charge in [-0.2, -0.15) is 0 Å². The van der Waals surface area contributed by atoms with Crippen LogP contribution in [0.15, 0.2) is 48.5 Å². The first-order valence-corrected chi connectivity index (χ1v) is 10.6. The predicted octanol–water partition coefficient (Wildman–Crippen LogP) is 0.232. The smallest absolute Gasteiger partial charge is 0.277 e. The van der Waals surface area contributed by atoms with Crippen molar-refractivity contribution in [3.63, 3.8) is 0 Å². The zero-order chi connectivity index (χ0) is 21.3. The standard InChI is InChI=1S/C23H29F2N3O2/c1-17(23(29)26-11-10-18-2-6-20(24)7-3-18)27-16-22(28-12-14-30-15-13-28)19-4-8-21(25)9-5-19/h2-9,17,22,27H,10-16H2,1H3,(H,26,29)/p+2/t17-,22-/m1/s1. The van der Waals surface area contributed by atoms with E-state index in [9.17, 15) is 13.6 Å². The van der Waals surface area contributed by atoms with Crippen LogP contribution in [0.2, 0.25) is 0 Å². The largest absolute Gasteiger partial charge is 0.370 e. The molecule has 1 heterocycles. The molecule has 1 fully saturated rings. The number of hydrogen-bond acceptors (Lipinski definition) is 2. The van der Waals surface area contributed by atoms with Gasteiger partial charge in [0.05, 0.1) is 13.2 Å². The van der Waals surface area contributed by atoms with E-state index in [2.05, 4.69) is 5.32 Å². The predicted molar refractivity (Wildman–Crippen MR) is 110 cm³/mol. The molecular weight excluding hydrogens is 388 g/mol. The summed E-state index contributed by atoms with van der Waals surface area (Å²) >= 11 is 0. The average molecular weight is 420 g/mol. The van der Waals surface area contributed by atoms with Crippen molar-refractivity contribution in [3.8, 4) is 0 Å². The van der Waals surface area contributed by atoms with Gasteiger partial charge in [0.1, 0.15) is 31.3 Å². The van der Waals surface area contributed by atoms with Crippen molar-refractivity contribution in [2.24, 2.45) is 0 Å². The molecule has 0 aromatic heterocycles. The molecule has 162 valence electrons. The fraction of sp³-hybridized carbons (Fsp3) is 0.435. The normalized spacial score (nSPS) is 16.8. The molecule has 0 radical (unpaired) electrons. The maximum Gasteiger partial charge on any atom is 0.277 e. The molecule has 2 aromatic rings. The Hall–Kier alpha value is -2.35. The fourth-order valence-corrected chi connectivity index (χ4v) is 3.80. The van der Waals surface area contributed by atoms with Gasteiger partial charge in [0, 0.05) is 12.1 Å². The molecule has 2 aromatic carbocycles. The molecule has 0 saturated carbocycles. The van der Waals surface area contributed by atoms with Crippen LogP contribution in [0.5, 0.6) is 0 Å². The number of amides is 1. The van der Waals surface area contributed by atoms with Crippen LogP contribution < -0.4 is 15.5 Å². The molecule has 0 unspecified atom stereocenters. The first kappa shape index (κ1) is 22.3. The maximum absolute atomic E-state index is 13.4. The van der Waals surface area contributed by atoms with Crippen molar-refractivity contribution in [1.29, 1.82) is 0 Å². The Morgan fingerprint density at radius 1 is 1.07 bits per heavy atom. The quantitative estimate of drug-likeness (QED) is 0.545. The van der Waals surface area contributed by atoms with Gasteiger partial charge in [0.15, 0.2) is 12.1 Å². The Labute approximate surface area is 176 Å². The molecule has 1 saturated heterocycles. The summed E-state index contributed by atoms with van der Waals surface area (Å²) in [4.78, 5) is 13.9. The van der Waals surface area contributed by atoms with Crippen LogP contribution in [0.1, 0.15) is 24.1 Å². The lowest BCUT2D eigenvalue weighted by atomic mass is 10.0. The number of rotatable bonds is 9. The number of carbonyl (C=O) groups excluding carboxylic acids is 1. The van der Waals surface area contributed by atoms with E-state index in [4.69, 9.17) is 4.74 Å². The first-order valence-electron chi connectivity index (χ1n) is 10.6. The highest BCUT2D eigenvalue weighted by Crippen LogP contribution is 2.10. The van der Waals surface area contributed by atoms with Gasteiger partial charge in [0.2, 0.25) is 0 Å². The van der Waals surface area contributed by atoms with Gasteiger partial charge in [-0.15, -0.1) is 0 Å². The average Bonchev–Trinajstić information content (AvgIpc) is 2.77. The molecule has 4 N–H and O–H groups in total. The van der Waals surface area contributed by atoms with E-state index in [-0.39, 0.29) is 29.6 Å². The van der Waals surface area contributed by atoms with Crippen molar-refractivity contribution in [1.82, 2.24) is 5.32 Å². The molecular formula is C23H31F2N3O2+2. The van der Waals surface area contributed by atoms with E-state index in [1.165, 1.54) is 29.2 Å². The summed E-state index contributed by atoms with van der Waals surface area (Å²) in [6, 6.07) is 12.9. The van der Waals surface area contributed by atoms with Gasteiger partial charge in [0.25, 0.3) is 5.91 Å². The number of nitrogens with two attached hydrogens (primary N) is 1. The van der Waals surface area contributed by atoms with Gasteiger partial charge in [-0.1, -0.05) is 12.1 Å². The molecule has 30 heavy (non-hydrogen) atoms. The molecule has 0 aliphatic carbocycles. The number of hydrogen-bond donors (Lipinski definition) is 3. The minimum Gasteiger partial charge on any atom is -0.370 e. The Bertz CT molecular complexity index is 793. The van der Waals surface area contributed by atoms with Crippen molar-refractivity contribution in [2.45, 2.75) is 25.4 Å². The van der Waals surface area contributed by atoms with Gasteiger partial charge in [-0.05, 0) is 55.3 Å². The second-order valence-corrected chi connectivity index (χ2v) is 7.80. The third-order valence-electron chi connectivity index (χ3n) is 5.67. The number of halogens is 2. The lowest BCUT2D eigenvalue weighted by molar-refractivity contribution is -0.952. The fourth-order valence-electron chi connectivity index (χ4n) is 3.80. The number of carbonyl (C=O) groups is 1. The Kier molecular flexibility index (Phi) is 8.30. The van der Waals surface area contributed by atoms with Gasteiger partial charge >= 0.3 is 0 Å². The summed E-state index contributed by atoms with van der Waals surface area (Å²) in [6.45, 7) is 6.36. The van der Waals surface area contributed by atoms with Crippen molar-refractivity contribution in [2.75, 3.05) is 39.4 Å². The summed E-state index contributed by atoms with van der Waals surface area (Å²) in [5.41, 5.74) is 2.06. The maximum atomic E-state index is 13.4. The Balaban J connectivity index is 1.51. The van der Waals surface area contributed by atoms with E-state index in [0.29, 0.717) is 26.2 Å². The molecule has 3 rings (SSSR count). The number of quaternary nitrogens is 2. The van der Waals surface area contributed by atoms with E-state index in [1.54, 1.807) is 12.1 Å². The van der Waals surface area contributed by atoms with E-state index in [0.717, 1.165) is 30.8 Å². The molecule has 1 aliphatic heterocycles. The SMILES string of the molecule is C[C@@H]([NH2+]C[C@H](c1ccc(F)cc1)[NH+]1CCOCC1)C(=O)NCCc1ccc(F)cc1. The summed E-state index contributed by atoms with van der Waals surface area (Å²) in [5, 5.41) is 5.00. The highest BCUT2D eigenvalue weighted by atomic mass is 19.1. The summed E-state index contributed by atoms with van der Waals surface area (Å²) < 4.78 is 31.8. The second kappa shape index (κ2) is 11.2. The molecule has 0 bridgehead atoms. The number of benzene rings is 2. The van der Waals surface area contributed by atoms with E-state index < -0.39 is 0 Å². The summed E-state index contributed by atoms with van der Waals surface area (Å²) in [7, 11) is 0. The van der Waals surface area contributed by atoms with Crippen LogP contribution >= 0.6 is 0 Å². The second-order valence-electron chi connectivity index (χ2n) is 7.80. The third-order valence-corrected chi connectivity index (χ3v) is 5.67. The Morgan fingerprint density at radius 2 is 1.67 bits per heavy atom. The van der Waals surface area contributed by atoms with Gasteiger partial charge in [-0.3, -0.25) is 4.79 Å². The monoisotopic (exact) mass is 419 g/mol. The molecule has 7 heteroatoms. The lowest BCUT2D eigenvalue weighted by Crippen LogP contribution is -3.17. The van der Waals surface area contributed by atoms with E-state index in [1.807, 2.05) is 24.4 Å². The first-order chi connectivity index (χ1) is 14.5. The zero-order valence-corrected chi connectivity index (χ0v) is 17.4. The van der Waals surface area contributed by atoms with Gasteiger partial charge < -0.3 is 20.3 Å². The topological polar surface area (TPSA) is 59.4 Å². The molecule has 5 nitrogen and oxygen atoms in total. The summed E-state index contributed by atoms with van der Waals surface area (Å²) in [6.07, 6.45) is 0.662. The van der Waals surface area contributed by atoms with E-state index >= 15 is 0 Å². The van der Waals surface area contributed by atoms with Crippen LogP contribution in [-0.4, -0.2) is 51.3 Å². The molecule has 1 aliphatic rings. The van der Waals surface area contributed by atoms with Crippen LogP contribution in [-0.2, 0) is 16.0 Å². The van der Waals surface area contributed by atoms with Crippen molar-refractivity contribution < 1.29 is 28.5 Å². The zero-order valence-electron chi connectivity index (χ0n) is 17.4. The summed E-state index contributed by atoms with van der Waals surface area (Å²) in [5.74, 6) is -0.525. The van der Waals surface area contributed by atoms with Crippen LogP contribution in [0.3, 0.4) is 0 Å². The highest BCUT2D eigenvalue weighted by Gasteiger charge is 2.29. The Morgan fingerprint density at radius 3 is 2.30 bits per heavy atom. The number of morpholine rings is 1. The van der Waals surface area contributed by atoms with Crippen molar-refractivity contribution in [3.05, 3.63) is 71.3 Å².